The van der Waals surface area contributed by atoms with E-state index in [0.717, 1.165) is 11.3 Å². The number of hydrogen-bond acceptors (Lipinski definition) is 4. The van der Waals surface area contributed by atoms with Gasteiger partial charge in [-0.3, -0.25) is 0 Å². The maximum Gasteiger partial charge on any atom is 0.207 e. The van der Waals surface area contributed by atoms with Crippen LogP contribution in [0.4, 0.5) is 0 Å². The quantitative estimate of drug-likeness (QED) is 0.409. The van der Waals surface area contributed by atoms with Gasteiger partial charge >= 0.3 is 0 Å². The predicted molar refractivity (Wildman–Crippen MR) is 112 cm³/mol. The molecule has 5 nitrogen and oxygen atoms in total. The average molecular weight is 405 g/mol. The third-order valence-corrected chi connectivity index (χ3v) is 5.46. The van der Waals surface area contributed by atoms with Gasteiger partial charge in [0.05, 0.1) is 12.7 Å². The minimum atomic E-state index is 0.0114. The highest BCUT2D eigenvalue weighted by Crippen LogP contribution is 2.26. The number of nitriles is 1. The van der Waals surface area contributed by atoms with Gasteiger partial charge in [-0.1, -0.05) is 46.2 Å². The Morgan fingerprint density at radius 2 is 2.07 bits per heavy atom. The van der Waals surface area contributed by atoms with Crippen LogP contribution in [0.1, 0.15) is 45.1 Å². The molecular formula is C20H25ClN4OS. The molecule has 0 unspecified atom stereocenters. The average Bonchev–Trinajstić information content (AvgIpc) is 2.96. The molecule has 1 aromatic heterocycles. The molecule has 0 saturated heterocycles. The molecule has 0 fully saturated rings. The molecule has 0 spiro atoms. The smallest absolute Gasteiger partial charge is 0.207 e. The molecule has 2 aromatic rings. The molecule has 0 amide bonds. The fourth-order valence-electron chi connectivity index (χ4n) is 2.48. The zero-order chi connectivity index (χ0) is 20.2. The lowest BCUT2D eigenvalue weighted by atomic mass is 9.95. The number of nitrogens with zero attached hydrogens (tertiary/aromatic N) is 4. The first-order valence-corrected chi connectivity index (χ1v) is 9.91. The summed E-state index contributed by atoms with van der Waals surface area (Å²) >= 11 is 7.75. The van der Waals surface area contributed by atoms with Crippen LogP contribution < -0.4 is 9.54 Å². The van der Waals surface area contributed by atoms with Crippen molar-refractivity contribution in [3.63, 3.8) is 0 Å². The van der Waals surface area contributed by atoms with Gasteiger partial charge in [0.1, 0.15) is 5.75 Å². The van der Waals surface area contributed by atoms with Gasteiger partial charge in [-0.25, -0.2) is 0 Å². The summed E-state index contributed by atoms with van der Waals surface area (Å²) in [6.07, 6.45) is 3.99. The van der Waals surface area contributed by atoms with Crippen LogP contribution in [0.25, 0.3) is 0 Å². The Balaban J connectivity index is 2.69. The van der Waals surface area contributed by atoms with E-state index in [9.17, 15) is 5.26 Å². The molecule has 27 heavy (non-hydrogen) atoms. The van der Waals surface area contributed by atoms with E-state index in [-0.39, 0.29) is 11.3 Å². The molecule has 0 saturated carbocycles. The zero-order valence-electron chi connectivity index (χ0n) is 16.6. The van der Waals surface area contributed by atoms with Crippen molar-refractivity contribution < 1.29 is 4.74 Å². The van der Waals surface area contributed by atoms with Crippen LogP contribution >= 0.6 is 22.9 Å². The van der Waals surface area contributed by atoms with E-state index in [2.05, 4.69) is 50.4 Å². The number of amidine groups is 1. The van der Waals surface area contributed by atoms with Gasteiger partial charge < -0.3 is 9.30 Å². The second-order valence-corrected chi connectivity index (χ2v) is 9.11. The number of halogens is 1. The zero-order valence-corrected chi connectivity index (χ0v) is 18.1. The van der Waals surface area contributed by atoms with Crippen molar-refractivity contribution >= 4 is 28.8 Å². The van der Waals surface area contributed by atoms with Crippen LogP contribution in [0.2, 0.25) is 5.02 Å². The van der Waals surface area contributed by atoms with Gasteiger partial charge in [-0.15, -0.1) is 11.3 Å². The van der Waals surface area contributed by atoms with E-state index in [1.54, 1.807) is 36.6 Å². The molecule has 0 radical (unpaired) electrons. The molecule has 1 heterocycles. The Morgan fingerprint density at radius 3 is 2.63 bits per heavy atom. The van der Waals surface area contributed by atoms with Gasteiger partial charge in [0.15, 0.2) is 10.6 Å². The molecular weight excluding hydrogens is 380 g/mol. The summed E-state index contributed by atoms with van der Waals surface area (Å²) in [6, 6.07) is 5.19. The van der Waals surface area contributed by atoms with Crippen LogP contribution in [-0.2, 0) is 12.0 Å². The lowest BCUT2D eigenvalue weighted by Gasteiger charge is -2.14. The Bertz CT molecular complexity index is 942. The van der Waals surface area contributed by atoms with Crippen LogP contribution in [-0.4, -0.2) is 17.5 Å². The molecule has 0 bridgehead atoms. The number of methoxy groups -OCH3 is 1. The maximum absolute atomic E-state index is 9.18. The first-order chi connectivity index (χ1) is 12.7. The van der Waals surface area contributed by atoms with Crippen LogP contribution in [0, 0.1) is 17.4 Å². The lowest BCUT2D eigenvalue weighted by Crippen LogP contribution is -2.19. The first kappa shape index (κ1) is 21.2. The summed E-state index contributed by atoms with van der Waals surface area (Å²) in [5.74, 6) is 1.32. The number of hydrogen-bond donors (Lipinski definition) is 0. The molecule has 0 aliphatic heterocycles. The lowest BCUT2D eigenvalue weighted by molar-refractivity contribution is 0.414. The van der Waals surface area contributed by atoms with Gasteiger partial charge in [0.25, 0.3) is 0 Å². The Labute approximate surface area is 169 Å². The third kappa shape index (κ3) is 5.44. The SMILES string of the molecule is COc1ccc(Cl)cc1C(/N=c1\sc(C(C)(C)C)cn1CC(C)C)=N\C#N. The standard InChI is InChI=1S/C20H25ClN4OS/c1-13(2)10-25-11-17(20(3,4)5)27-19(25)24-18(23-12-22)15-9-14(21)7-8-16(15)26-6/h7-9,11,13H,10H2,1-6H3/b23-18+,24-19-. The molecule has 0 N–H and O–H groups in total. The van der Waals surface area contributed by atoms with E-state index in [0.29, 0.717) is 22.3 Å². The van der Waals surface area contributed by atoms with Crippen LogP contribution in [0.5, 0.6) is 5.75 Å². The summed E-state index contributed by atoms with van der Waals surface area (Å²) in [5.41, 5.74) is 0.602. The Hall–Kier alpha value is -2.10. The molecule has 7 heteroatoms. The molecule has 2 rings (SSSR count). The van der Waals surface area contributed by atoms with Gasteiger partial charge in [-0.05, 0) is 29.5 Å². The van der Waals surface area contributed by atoms with Gasteiger partial charge in [0.2, 0.25) is 6.19 Å². The fraction of sp³-hybridized carbons (Fsp3) is 0.450. The summed E-state index contributed by atoms with van der Waals surface area (Å²) < 4.78 is 7.53. The monoisotopic (exact) mass is 404 g/mol. The van der Waals surface area contributed by atoms with E-state index in [1.807, 2.05) is 6.19 Å². The highest BCUT2D eigenvalue weighted by molar-refractivity contribution is 7.09. The molecule has 1 aromatic carbocycles. The van der Waals surface area contributed by atoms with E-state index in [4.69, 9.17) is 21.3 Å². The van der Waals surface area contributed by atoms with Crippen molar-refractivity contribution in [1.29, 1.82) is 5.26 Å². The second kappa shape index (κ2) is 8.73. The van der Waals surface area contributed by atoms with Gasteiger partial charge in [0, 0.05) is 22.6 Å². The number of rotatable bonds is 4. The molecule has 144 valence electrons. The normalized spacial score (nSPS) is 13.1. The summed E-state index contributed by atoms with van der Waals surface area (Å²) in [6.45, 7) is 11.7. The highest BCUT2D eigenvalue weighted by atomic mass is 35.5. The largest absolute Gasteiger partial charge is 0.496 e. The van der Waals surface area contributed by atoms with Crippen LogP contribution in [0.3, 0.4) is 0 Å². The number of ether oxygens (including phenoxy) is 1. The van der Waals surface area contributed by atoms with E-state index >= 15 is 0 Å². The van der Waals surface area contributed by atoms with E-state index < -0.39 is 0 Å². The summed E-state index contributed by atoms with van der Waals surface area (Å²) in [7, 11) is 1.57. The van der Waals surface area contributed by atoms with Crippen LogP contribution in [0.15, 0.2) is 34.4 Å². The van der Waals surface area contributed by atoms with Gasteiger partial charge in [-0.2, -0.15) is 15.2 Å². The summed E-state index contributed by atoms with van der Waals surface area (Å²) in [4.78, 5) is 10.7. The minimum Gasteiger partial charge on any atom is -0.496 e. The van der Waals surface area contributed by atoms with Crippen molar-refractivity contribution in [3.05, 3.63) is 44.7 Å². The highest BCUT2D eigenvalue weighted by Gasteiger charge is 2.19. The minimum absolute atomic E-state index is 0.0114. The number of aliphatic imine (C=N–C) groups is 1. The number of thiazole rings is 1. The fourth-order valence-corrected chi connectivity index (χ4v) is 3.71. The van der Waals surface area contributed by atoms with Crippen molar-refractivity contribution in [2.24, 2.45) is 15.9 Å². The summed E-state index contributed by atoms with van der Waals surface area (Å²) in [5, 5.41) is 9.71. The first-order valence-electron chi connectivity index (χ1n) is 8.72. The second-order valence-electron chi connectivity index (χ2n) is 7.67. The topological polar surface area (TPSA) is 62.7 Å². The maximum atomic E-state index is 9.18. The molecule has 0 aliphatic carbocycles. The van der Waals surface area contributed by atoms with E-state index in [1.165, 1.54) is 4.88 Å². The number of benzene rings is 1. The molecule has 0 aliphatic rings. The Kier molecular flexibility index (Phi) is 6.85. The third-order valence-electron chi connectivity index (χ3n) is 3.78. The number of aromatic nitrogens is 1. The van der Waals surface area contributed by atoms with Crippen molar-refractivity contribution in [2.75, 3.05) is 7.11 Å². The van der Waals surface area contributed by atoms with Crippen molar-refractivity contribution in [3.8, 4) is 11.9 Å². The Morgan fingerprint density at radius 1 is 1.37 bits per heavy atom. The van der Waals surface area contributed by atoms with Crippen molar-refractivity contribution in [1.82, 2.24) is 4.57 Å². The predicted octanol–water partition coefficient (Wildman–Crippen LogP) is 4.99. The van der Waals surface area contributed by atoms with Crippen molar-refractivity contribution in [2.45, 2.75) is 46.6 Å². The molecule has 0 atom stereocenters.